The third-order valence-corrected chi connectivity index (χ3v) is 14.4. The number of pyridine rings is 1. The van der Waals surface area contributed by atoms with Crippen LogP contribution in [-0.4, -0.2) is 87.8 Å². The number of aliphatic hydroxyl groups excluding tert-OH is 1. The zero-order valence-electron chi connectivity index (χ0n) is 32.4. The summed E-state index contributed by atoms with van der Waals surface area (Å²) in [4.78, 5) is 28.5. The predicted octanol–water partition coefficient (Wildman–Crippen LogP) is 2.92. The van der Waals surface area contributed by atoms with Crippen molar-refractivity contribution in [3.8, 4) is 5.75 Å². The number of hydrogen-bond donors (Lipinski definition) is 5. The van der Waals surface area contributed by atoms with Gasteiger partial charge >= 0.3 is 5.97 Å². The number of aromatic nitrogens is 1. The van der Waals surface area contributed by atoms with Crippen LogP contribution >= 0.6 is 35.1 Å². The highest BCUT2D eigenvalue weighted by Gasteiger charge is 2.71. The lowest BCUT2D eigenvalue weighted by Crippen LogP contribution is -3.00. The summed E-state index contributed by atoms with van der Waals surface area (Å²) in [6, 6.07) is 19.3. The Kier molecular flexibility index (Phi) is 13.1. The maximum absolute atomic E-state index is 13.1. The smallest absolute Gasteiger partial charge is 0.349 e. The van der Waals surface area contributed by atoms with E-state index in [1.54, 1.807) is 24.3 Å². The maximum atomic E-state index is 13.1. The Morgan fingerprint density at radius 2 is 1.54 bits per heavy atom. The van der Waals surface area contributed by atoms with Gasteiger partial charge in [-0.1, -0.05) is 44.2 Å². The molecule has 3 saturated heterocycles. The van der Waals surface area contributed by atoms with Gasteiger partial charge in [-0.15, -0.1) is 35.1 Å². The van der Waals surface area contributed by atoms with Crippen molar-refractivity contribution in [3.63, 3.8) is 0 Å². The summed E-state index contributed by atoms with van der Waals surface area (Å²) < 4.78 is 12.6. The van der Waals surface area contributed by atoms with E-state index in [2.05, 4.69) is 50.4 Å². The summed E-state index contributed by atoms with van der Waals surface area (Å²) in [6.07, 6.45) is 5.39. The summed E-state index contributed by atoms with van der Waals surface area (Å²) in [5, 5.41) is 40.1. The van der Waals surface area contributed by atoms with Crippen LogP contribution in [0.5, 0.6) is 5.75 Å². The fraction of sp³-hybridized carbons (Fsp3) is 0.442. The van der Waals surface area contributed by atoms with Crippen LogP contribution < -0.4 is 27.9 Å². The fourth-order valence-corrected chi connectivity index (χ4v) is 11.1. The molecule has 3 aliphatic heterocycles. The second-order valence-electron chi connectivity index (χ2n) is 15.9. The van der Waals surface area contributed by atoms with Gasteiger partial charge in [0.05, 0.1) is 35.5 Å². The molecule has 4 aliphatic rings. The van der Waals surface area contributed by atoms with E-state index in [0.717, 1.165) is 43.0 Å². The highest BCUT2D eigenvalue weighted by Crippen LogP contribution is 2.52. The number of aromatic amines is 1. The lowest BCUT2D eigenvalue weighted by Gasteiger charge is -2.45. The number of nitrogens with one attached hydrogen (secondary N) is 2. The first-order chi connectivity index (χ1) is 26.4. The number of carbonyl (C=O) groups excluding carboxylic acids is 1. The molecule has 57 heavy (non-hydrogen) atoms. The minimum atomic E-state index is -1.72. The topological polar surface area (TPSA) is 144 Å². The number of ether oxygens (including phenoxy) is 2. The molecule has 10 nitrogen and oxygen atoms in total. The summed E-state index contributed by atoms with van der Waals surface area (Å²) in [6.45, 7) is 4.83. The quantitative estimate of drug-likeness (QED) is 0.0819. The van der Waals surface area contributed by atoms with Gasteiger partial charge in [0.25, 0.3) is 0 Å². The van der Waals surface area contributed by atoms with E-state index >= 15 is 0 Å². The Hall–Kier alpha value is -3.11. The van der Waals surface area contributed by atoms with E-state index < -0.39 is 17.7 Å². The second-order valence-corrected chi connectivity index (χ2v) is 17.8. The molecule has 3 fully saturated rings. The van der Waals surface area contributed by atoms with Crippen LogP contribution in [0.1, 0.15) is 70.4 Å². The number of carbonyl (C=O) groups is 1. The van der Waals surface area contributed by atoms with Gasteiger partial charge in [-0.25, -0.2) is 4.79 Å². The number of morpholine rings is 1. The number of aromatic hydroxyl groups is 1. The van der Waals surface area contributed by atoms with Crippen LogP contribution in [0.4, 0.5) is 0 Å². The number of phenols is 1. The maximum Gasteiger partial charge on any atom is 0.349 e. The van der Waals surface area contributed by atoms with Crippen molar-refractivity contribution < 1.29 is 51.1 Å². The number of aryl methyl sites for hydroxylation is 2. The summed E-state index contributed by atoms with van der Waals surface area (Å²) in [5.41, 5.74) is 4.77. The van der Waals surface area contributed by atoms with Gasteiger partial charge in [-0.3, -0.25) is 4.79 Å². The molecule has 5 aromatic rings. The van der Waals surface area contributed by atoms with E-state index in [-0.39, 0.29) is 46.8 Å². The Morgan fingerprint density at radius 1 is 0.965 bits per heavy atom. The highest BCUT2D eigenvalue weighted by atomic mass is 79.9. The molecule has 3 aromatic heterocycles. The SMILES string of the molecule is CCc1cc2c(cc1CC)CC(NCC(O)c1ccc(O)c3[nH]c(=O)ccc13)C2.C[N+]1(C)C2CC(OC(=O)C(O)(c3cccs3)c3cccs3)CC1[C@@H]1O[C@H]21.Cl.[Br-]. The van der Waals surface area contributed by atoms with Crippen LogP contribution in [0.15, 0.2) is 76.2 Å². The van der Waals surface area contributed by atoms with E-state index in [0.29, 0.717) is 63.1 Å². The lowest BCUT2D eigenvalue weighted by molar-refractivity contribution is -0.938. The minimum absolute atomic E-state index is 0. The molecule has 4 unspecified atom stereocenters. The zero-order chi connectivity index (χ0) is 38.6. The Labute approximate surface area is 357 Å². The van der Waals surface area contributed by atoms with Crippen LogP contribution in [0.3, 0.4) is 0 Å². The molecule has 0 saturated carbocycles. The minimum Gasteiger partial charge on any atom is -1.00 e. The molecule has 5 N–H and O–H groups in total. The first kappa shape index (κ1) is 43.5. The number of H-pyrrole nitrogens is 1. The van der Waals surface area contributed by atoms with Gasteiger partial charge in [-0.2, -0.15) is 0 Å². The third-order valence-electron chi connectivity index (χ3n) is 12.4. The molecule has 2 aromatic carbocycles. The summed E-state index contributed by atoms with van der Waals surface area (Å²) in [5.74, 6) is -0.556. The number of halogens is 2. The molecule has 0 spiro atoms. The number of thiophene rings is 2. The number of likely N-dealkylation sites (N-methyl/N-ethyl adjacent to an activating group) is 1. The van der Waals surface area contributed by atoms with Crippen molar-refractivity contribution in [2.45, 2.75) is 101 Å². The average molecular weight is 901 g/mol. The van der Waals surface area contributed by atoms with Crippen LogP contribution in [0.25, 0.3) is 10.9 Å². The van der Waals surface area contributed by atoms with Crippen molar-refractivity contribution in [3.05, 3.63) is 119 Å². The molecule has 6 heterocycles. The Balaban J connectivity index is 0.000000187. The first-order valence-electron chi connectivity index (χ1n) is 19.3. The first-order valence-corrected chi connectivity index (χ1v) is 21.1. The van der Waals surface area contributed by atoms with Crippen molar-refractivity contribution in [1.29, 1.82) is 0 Å². The number of hydrogen-bond acceptors (Lipinski definition) is 10. The average Bonchev–Trinajstić information content (AvgIpc) is 3.59. The van der Waals surface area contributed by atoms with Gasteiger partial charge in [0.1, 0.15) is 36.1 Å². The number of phenolic OH excluding ortho intramolecular Hbond substituents is 1. The molecular weight excluding hydrogens is 850 g/mol. The molecule has 14 heteroatoms. The Bertz CT molecular complexity index is 2160. The molecule has 2 bridgehead atoms. The van der Waals surface area contributed by atoms with Gasteiger partial charge in [-0.05, 0) is 88.5 Å². The molecule has 9 rings (SSSR count). The monoisotopic (exact) mass is 899 g/mol. The highest BCUT2D eigenvalue weighted by molar-refractivity contribution is 7.12. The summed E-state index contributed by atoms with van der Waals surface area (Å²) in [7, 11) is 4.49. The number of nitrogens with zero attached hydrogens (tertiary/aromatic N) is 1. The van der Waals surface area contributed by atoms with Gasteiger partial charge in [0.15, 0.2) is 0 Å². The summed E-state index contributed by atoms with van der Waals surface area (Å²) >= 11 is 2.74. The Morgan fingerprint density at radius 3 is 2.07 bits per heavy atom. The van der Waals surface area contributed by atoms with Crippen molar-refractivity contribution in [2.24, 2.45) is 0 Å². The number of quaternary nitrogens is 1. The normalized spacial score (nSPS) is 23.3. The number of fused-ring (bicyclic) bond motifs is 7. The molecular formula is C43H51BrClN3O7S2. The second kappa shape index (κ2) is 17.2. The zero-order valence-corrected chi connectivity index (χ0v) is 36.5. The van der Waals surface area contributed by atoms with E-state index in [1.165, 1.54) is 57.1 Å². The third kappa shape index (κ3) is 8.12. The van der Waals surface area contributed by atoms with E-state index in [1.807, 2.05) is 22.9 Å². The lowest BCUT2D eigenvalue weighted by atomic mass is 9.95. The standard InChI is InChI=1S/C24H28N2O3.C19H22NO4S2.BrH.ClH/c1-3-14-9-16-11-18(12-17(16)10-15(14)4-2)25-13-22(28)19-5-7-21(27)24-20(19)6-8-23(29)26-24;1-20(2)12-9-11(10-13(20)17-16(12)24-17)23-18(21)19(22,14-5-3-7-25-14)15-6-4-8-26-15;;/h5-10,18,22,25,27-28H,3-4,11-13H2,1-2H3,(H,26,29);3-8,11-13,16-17,22H,9-10H2,1-2H3;2*1H/q;+1;;/p-1/t;11?,12?,13?,16-,17+;;. The van der Waals surface area contributed by atoms with Gasteiger partial charge in [0.2, 0.25) is 11.2 Å². The van der Waals surface area contributed by atoms with E-state index in [9.17, 15) is 24.9 Å². The van der Waals surface area contributed by atoms with Crippen LogP contribution in [-0.2, 0) is 45.6 Å². The van der Waals surface area contributed by atoms with Crippen molar-refractivity contribution in [1.82, 2.24) is 10.3 Å². The molecule has 0 radical (unpaired) electrons. The number of epoxide rings is 1. The number of benzene rings is 2. The molecule has 6 atom stereocenters. The number of esters is 1. The van der Waals surface area contributed by atoms with Crippen LogP contribution in [0, 0.1) is 0 Å². The van der Waals surface area contributed by atoms with Crippen molar-refractivity contribution in [2.75, 3.05) is 20.6 Å². The van der Waals surface area contributed by atoms with Crippen LogP contribution in [0.2, 0.25) is 0 Å². The van der Waals surface area contributed by atoms with Gasteiger partial charge in [0, 0.05) is 36.9 Å². The fourth-order valence-electron chi connectivity index (χ4n) is 9.34. The number of rotatable bonds is 10. The van der Waals surface area contributed by atoms with Gasteiger partial charge < -0.3 is 56.6 Å². The van der Waals surface area contributed by atoms with E-state index in [4.69, 9.17) is 9.47 Å². The van der Waals surface area contributed by atoms with Crippen molar-refractivity contribution >= 4 is 52.0 Å². The number of aliphatic hydroxyl groups is 2. The number of piperidine rings is 1. The predicted molar refractivity (Wildman–Crippen MR) is 222 cm³/mol. The molecule has 306 valence electrons. The largest absolute Gasteiger partial charge is 1.00 e. The molecule has 0 amide bonds. The molecule has 1 aliphatic carbocycles.